The van der Waals surface area contributed by atoms with Crippen LogP contribution in [-0.2, 0) is 0 Å². The fraction of sp³-hybridized carbons (Fsp3) is 0.211. The van der Waals surface area contributed by atoms with Gasteiger partial charge in [-0.15, -0.1) is 10.2 Å². The first-order chi connectivity index (χ1) is 13.2. The van der Waals surface area contributed by atoms with E-state index in [1.807, 2.05) is 24.3 Å². The predicted molar refractivity (Wildman–Crippen MR) is 104 cm³/mol. The number of rotatable bonds is 5. The highest BCUT2D eigenvalue weighted by molar-refractivity contribution is 7.19. The highest BCUT2D eigenvalue weighted by Crippen LogP contribution is 2.41. The molecular formula is C19H18N4O3S. The van der Waals surface area contributed by atoms with E-state index in [1.54, 1.807) is 25.8 Å². The molecule has 4 rings (SSSR count). The molecule has 138 valence electrons. The molecule has 8 heteroatoms. The van der Waals surface area contributed by atoms with Crippen LogP contribution >= 0.6 is 11.3 Å². The summed E-state index contributed by atoms with van der Waals surface area (Å²) in [4.78, 5) is 0.719. The summed E-state index contributed by atoms with van der Waals surface area (Å²) in [6.07, 6.45) is 0. The van der Waals surface area contributed by atoms with Crippen molar-refractivity contribution in [3.05, 3.63) is 42.0 Å². The molecule has 0 amide bonds. The lowest BCUT2D eigenvalue weighted by atomic mass is 10.1. The standard InChI is InChI=1S/C19H18N4O3S/c1-11-7-5-6-8-13(11)18-22-23-17(20-21-19(23)27-18)12-9-14(24-2)16(26-4)15(10-12)25-3/h5-10H,1-4H3. The van der Waals surface area contributed by atoms with Crippen molar-refractivity contribution in [2.75, 3.05) is 21.3 Å². The zero-order valence-corrected chi connectivity index (χ0v) is 16.2. The Morgan fingerprint density at radius 2 is 1.63 bits per heavy atom. The molecule has 27 heavy (non-hydrogen) atoms. The molecule has 7 nitrogen and oxygen atoms in total. The molecule has 0 unspecified atom stereocenters. The highest BCUT2D eigenvalue weighted by atomic mass is 32.1. The Hall–Kier alpha value is -3.13. The van der Waals surface area contributed by atoms with Crippen molar-refractivity contribution in [3.63, 3.8) is 0 Å². The van der Waals surface area contributed by atoms with Gasteiger partial charge in [0, 0.05) is 11.1 Å². The molecule has 0 aliphatic carbocycles. The number of aryl methyl sites for hydroxylation is 1. The first-order valence-electron chi connectivity index (χ1n) is 8.25. The van der Waals surface area contributed by atoms with Crippen molar-refractivity contribution in [1.82, 2.24) is 19.8 Å². The topological polar surface area (TPSA) is 70.8 Å². The number of hydrogen-bond acceptors (Lipinski definition) is 7. The number of hydrogen-bond donors (Lipinski definition) is 0. The number of fused-ring (bicyclic) bond motifs is 1. The summed E-state index contributed by atoms with van der Waals surface area (Å²) in [5, 5.41) is 14.2. The van der Waals surface area contributed by atoms with Gasteiger partial charge in [0.2, 0.25) is 10.7 Å². The van der Waals surface area contributed by atoms with Crippen molar-refractivity contribution in [1.29, 1.82) is 0 Å². The molecule has 4 aromatic rings. The van der Waals surface area contributed by atoms with Crippen LogP contribution in [-0.4, -0.2) is 41.1 Å². The van der Waals surface area contributed by atoms with E-state index in [0.29, 0.717) is 23.1 Å². The molecule has 0 aliphatic rings. The zero-order valence-electron chi connectivity index (χ0n) is 15.4. The lowest BCUT2D eigenvalue weighted by molar-refractivity contribution is 0.324. The van der Waals surface area contributed by atoms with Crippen molar-refractivity contribution in [2.45, 2.75) is 6.92 Å². The van der Waals surface area contributed by atoms with Crippen LogP contribution < -0.4 is 14.2 Å². The van der Waals surface area contributed by atoms with E-state index < -0.39 is 0 Å². The van der Waals surface area contributed by atoms with Crippen molar-refractivity contribution >= 4 is 16.3 Å². The van der Waals surface area contributed by atoms with Crippen LogP contribution in [0.3, 0.4) is 0 Å². The number of nitrogens with zero attached hydrogens (tertiary/aromatic N) is 4. The Labute approximate surface area is 160 Å². The minimum absolute atomic E-state index is 0.531. The van der Waals surface area contributed by atoms with Gasteiger partial charge in [-0.25, -0.2) is 0 Å². The third-order valence-electron chi connectivity index (χ3n) is 4.29. The molecule has 0 atom stereocenters. The summed E-state index contributed by atoms with van der Waals surface area (Å²) in [7, 11) is 4.74. The number of methoxy groups -OCH3 is 3. The quantitative estimate of drug-likeness (QED) is 0.522. The van der Waals surface area contributed by atoms with Gasteiger partial charge in [-0.2, -0.15) is 9.61 Å². The first-order valence-corrected chi connectivity index (χ1v) is 9.06. The molecule has 0 radical (unpaired) electrons. The van der Waals surface area contributed by atoms with Crippen molar-refractivity contribution in [2.24, 2.45) is 0 Å². The van der Waals surface area contributed by atoms with Crippen molar-refractivity contribution < 1.29 is 14.2 Å². The first kappa shape index (κ1) is 17.3. The van der Waals surface area contributed by atoms with Gasteiger partial charge < -0.3 is 14.2 Å². The molecule has 0 fully saturated rings. The molecule has 2 heterocycles. The predicted octanol–water partition coefficient (Wildman–Crippen LogP) is 3.85. The van der Waals surface area contributed by atoms with Gasteiger partial charge in [0.05, 0.1) is 21.3 Å². The molecule has 2 aromatic heterocycles. The lowest BCUT2D eigenvalue weighted by Crippen LogP contribution is -1.97. The molecule has 0 saturated carbocycles. The van der Waals surface area contributed by atoms with Crippen LogP contribution in [0.25, 0.3) is 26.9 Å². The maximum atomic E-state index is 5.44. The number of ether oxygens (including phenoxy) is 3. The summed E-state index contributed by atoms with van der Waals surface area (Å²) < 4.78 is 18.0. The Kier molecular flexibility index (Phi) is 4.41. The Morgan fingerprint density at radius 3 is 2.26 bits per heavy atom. The van der Waals surface area contributed by atoms with Gasteiger partial charge in [-0.1, -0.05) is 35.6 Å². The van der Waals surface area contributed by atoms with Gasteiger partial charge >= 0.3 is 0 Å². The van der Waals surface area contributed by atoms with Crippen LogP contribution in [0.5, 0.6) is 17.2 Å². The van der Waals surface area contributed by atoms with Gasteiger partial charge in [0.25, 0.3) is 0 Å². The molecule has 0 N–H and O–H groups in total. The van der Waals surface area contributed by atoms with E-state index in [-0.39, 0.29) is 0 Å². The molecule has 0 saturated heterocycles. The minimum atomic E-state index is 0.531. The maximum absolute atomic E-state index is 5.44. The summed E-state index contributed by atoms with van der Waals surface area (Å²) in [6, 6.07) is 11.8. The van der Waals surface area contributed by atoms with Crippen LogP contribution in [0, 0.1) is 6.92 Å². The highest BCUT2D eigenvalue weighted by Gasteiger charge is 2.19. The zero-order chi connectivity index (χ0) is 19.0. The third kappa shape index (κ3) is 2.87. The summed E-state index contributed by atoms with van der Waals surface area (Å²) in [5.74, 6) is 2.25. The molecular weight excluding hydrogens is 364 g/mol. The second-order valence-electron chi connectivity index (χ2n) is 5.85. The Morgan fingerprint density at radius 1 is 0.926 bits per heavy atom. The van der Waals surface area contributed by atoms with Gasteiger partial charge in [0.1, 0.15) is 5.01 Å². The summed E-state index contributed by atoms with van der Waals surface area (Å²) >= 11 is 1.50. The van der Waals surface area contributed by atoms with Crippen LogP contribution in [0.4, 0.5) is 0 Å². The van der Waals surface area contributed by atoms with Crippen LogP contribution in [0.2, 0.25) is 0 Å². The van der Waals surface area contributed by atoms with Crippen LogP contribution in [0.15, 0.2) is 36.4 Å². The molecule has 0 spiro atoms. The minimum Gasteiger partial charge on any atom is -0.493 e. The molecule has 0 bridgehead atoms. The largest absolute Gasteiger partial charge is 0.493 e. The van der Waals surface area contributed by atoms with E-state index in [4.69, 9.17) is 19.3 Å². The summed E-state index contributed by atoms with van der Waals surface area (Å²) in [5.41, 5.74) is 3.03. The Balaban J connectivity index is 1.87. The van der Waals surface area contributed by atoms with Gasteiger partial charge in [-0.05, 0) is 24.6 Å². The van der Waals surface area contributed by atoms with Gasteiger partial charge in [-0.3, -0.25) is 0 Å². The van der Waals surface area contributed by atoms with E-state index in [1.165, 1.54) is 11.3 Å². The fourth-order valence-corrected chi connectivity index (χ4v) is 3.86. The van der Waals surface area contributed by atoms with E-state index in [9.17, 15) is 0 Å². The molecule has 2 aromatic carbocycles. The average molecular weight is 382 g/mol. The Bertz CT molecular complexity index is 1090. The monoisotopic (exact) mass is 382 g/mol. The second kappa shape index (κ2) is 6.88. The normalized spacial score (nSPS) is 11.0. The lowest BCUT2D eigenvalue weighted by Gasteiger charge is -2.13. The van der Waals surface area contributed by atoms with E-state index >= 15 is 0 Å². The third-order valence-corrected chi connectivity index (χ3v) is 5.22. The van der Waals surface area contributed by atoms with Crippen LogP contribution in [0.1, 0.15) is 5.56 Å². The SMILES string of the molecule is COc1cc(-c2nnc3sc(-c4ccccc4C)nn23)cc(OC)c1OC. The van der Waals surface area contributed by atoms with Crippen molar-refractivity contribution in [3.8, 4) is 39.2 Å². The summed E-state index contributed by atoms with van der Waals surface area (Å²) in [6.45, 7) is 2.07. The van der Waals surface area contributed by atoms with E-state index in [0.717, 1.165) is 26.7 Å². The fourth-order valence-electron chi connectivity index (χ4n) is 2.93. The second-order valence-corrected chi connectivity index (χ2v) is 6.81. The van der Waals surface area contributed by atoms with Gasteiger partial charge in [0.15, 0.2) is 17.3 Å². The smallest absolute Gasteiger partial charge is 0.235 e. The molecule has 0 aliphatic heterocycles. The number of aromatic nitrogens is 4. The maximum Gasteiger partial charge on any atom is 0.235 e. The van der Waals surface area contributed by atoms with E-state index in [2.05, 4.69) is 29.3 Å². The number of benzene rings is 2. The average Bonchev–Trinajstić information content (AvgIpc) is 3.27.